The van der Waals surface area contributed by atoms with Gasteiger partial charge >= 0.3 is 6.18 Å². The molecule has 7 nitrogen and oxygen atoms in total. The lowest BCUT2D eigenvalue weighted by Gasteiger charge is -2.38. The van der Waals surface area contributed by atoms with E-state index in [1.165, 1.54) is 18.2 Å². The first-order valence-electron chi connectivity index (χ1n) is 15.9. The fraction of sp³-hybridized carbons (Fsp3) is 0.237. The molecule has 48 heavy (non-hydrogen) atoms. The van der Waals surface area contributed by atoms with Crippen molar-refractivity contribution >= 4 is 23.4 Å². The number of aromatic nitrogens is 3. The molecule has 5 aromatic rings. The molecular formula is C38H37F3N6O. The summed E-state index contributed by atoms with van der Waals surface area (Å²) in [5, 5.41) is 4.53. The van der Waals surface area contributed by atoms with E-state index >= 15 is 0 Å². The lowest BCUT2D eigenvalue weighted by molar-refractivity contribution is -0.137. The molecule has 0 atom stereocenters. The maximum Gasteiger partial charge on any atom is 0.416 e. The first kappa shape index (κ1) is 32.7. The van der Waals surface area contributed by atoms with Gasteiger partial charge in [-0.3, -0.25) is 14.7 Å². The van der Waals surface area contributed by atoms with Crippen molar-refractivity contribution in [1.29, 1.82) is 0 Å². The van der Waals surface area contributed by atoms with E-state index < -0.39 is 11.7 Å². The molecule has 1 fully saturated rings. The van der Waals surface area contributed by atoms with Gasteiger partial charge in [0.05, 0.1) is 17.4 Å². The second-order valence-corrected chi connectivity index (χ2v) is 12.0. The second-order valence-electron chi connectivity index (χ2n) is 12.0. The van der Waals surface area contributed by atoms with Crippen molar-refractivity contribution in [1.82, 2.24) is 24.6 Å². The van der Waals surface area contributed by atoms with Crippen LogP contribution in [0.25, 0.3) is 11.8 Å². The van der Waals surface area contributed by atoms with Crippen LogP contribution in [-0.4, -0.2) is 56.7 Å². The van der Waals surface area contributed by atoms with Gasteiger partial charge in [0.15, 0.2) is 0 Å². The lowest BCUT2D eigenvalue weighted by atomic mass is 10.0. The van der Waals surface area contributed by atoms with Crippen LogP contribution >= 0.6 is 0 Å². The number of alkyl halides is 3. The van der Waals surface area contributed by atoms with Gasteiger partial charge in [0.1, 0.15) is 0 Å². The predicted octanol–water partition coefficient (Wildman–Crippen LogP) is 7.76. The highest BCUT2D eigenvalue weighted by molar-refractivity contribution is 5.92. The third kappa shape index (κ3) is 8.19. The van der Waals surface area contributed by atoms with Crippen LogP contribution in [0.1, 0.15) is 35.1 Å². The Kier molecular flexibility index (Phi) is 10.0. The highest BCUT2D eigenvalue weighted by Crippen LogP contribution is 2.30. The Hall–Kier alpha value is -5.22. The molecule has 1 aliphatic heterocycles. The molecule has 0 bridgehead atoms. The monoisotopic (exact) mass is 650 g/mol. The van der Waals surface area contributed by atoms with E-state index in [1.54, 1.807) is 18.5 Å². The minimum absolute atomic E-state index is 0.0113. The smallest absolute Gasteiger partial charge is 0.345 e. The van der Waals surface area contributed by atoms with E-state index in [4.69, 9.17) is 0 Å². The number of amides is 1. The number of nitrogens with zero attached hydrogens (tertiary/aromatic N) is 6. The van der Waals surface area contributed by atoms with E-state index in [0.29, 0.717) is 12.1 Å². The van der Waals surface area contributed by atoms with Crippen molar-refractivity contribution in [3.05, 3.63) is 144 Å². The maximum absolute atomic E-state index is 13.7. The number of piperidine rings is 1. The van der Waals surface area contributed by atoms with Gasteiger partial charge in [0.25, 0.3) is 0 Å². The van der Waals surface area contributed by atoms with Gasteiger partial charge < -0.3 is 9.80 Å². The average molecular weight is 651 g/mol. The Morgan fingerprint density at radius 3 is 2.21 bits per heavy atom. The fourth-order valence-electron chi connectivity index (χ4n) is 5.98. The summed E-state index contributed by atoms with van der Waals surface area (Å²) in [7, 11) is 1.99. The molecule has 0 saturated carbocycles. The molecule has 0 aliphatic carbocycles. The predicted molar refractivity (Wildman–Crippen MR) is 182 cm³/mol. The van der Waals surface area contributed by atoms with Gasteiger partial charge in [0.2, 0.25) is 5.91 Å². The third-order valence-corrected chi connectivity index (χ3v) is 8.73. The van der Waals surface area contributed by atoms with Crippen molar-refractivity contribution < 1.29 is 18.0 Å². The zero-order valence-electron chi connectivity index (χ0n) is 26.7. The van der Waals surface area contributed by atoms with Crippen LogP contribution in [0.2, 0.25) is 0 Å². The van der Waals surface area contributed by atoms with Crippen molar-refractivity contribution in [3.8, 4) is 5.69 Å². The number of hydrogen-bond donors (Lipinski definition) is 0. The summed E-state index contributed by atoms with van der Waals surface area (Å²) < 4.78 is 41.0. The van der Waals surface area contributed by atoms with Crippen LogP contribution in [0.3, 0.4) is 0 Å². The first-order valence-corrected chi connectivity index (χ1v) is 15.9. The topological polar surface area (TPSA) is 57.5 Å². The molecule has 10 heteroatoms. The van der Waals surface area contributed by atoms with E-state index in [-0.39, 0.29) is 11.9 Å². The Bertz CT molecular complexity index is 1800. The number of halogens is 3. The number of benzene rings is 3. The number of anilines is 2. The van der Waals surface area contributed by atoms with Gasteiger partial charge in [0, 0.05) is 80.9 Å². The number of pyridine rings is 1. The van der Waals surface area contributed by atoms with Crippen LogP contribution in [0, 0.1) is 0 Å². The Morgan fingerprint density at radius 1 is 0.875 bits per heavy atom. The van der Waals surface area contributed by atoms with Crippen molar-refractivity contribution in [2.75, 3.05) is 25.0 Å². The molecule has 0 unspecified atom stereocenters. The molecular weight excluding hydrogens is 613 g/mol. The molecule has 1 aliphatic rings. The Balaban J connectivity index is 1.14. The number of carbonyl (C=O) groups is 1. The number of rotatable bonds is 10. The summed E-state index contributed by atoms with van der Waals surface area (Å²) >= 11 is 0. The van der Waals surface area contributed by atoms with Crippen LogP contribution in [-0.2, 0) is 24.1 Å². The van der Waals surface area contributed by atoms with E-state index in [9.17, 15) is 18.0 Å². The second kappa shape index (κ2) is 14.7. The molecule has 2 aromatic heterocycles. The fourth-order valence-corrected chi connectivity index (χ4v) is 5.98. The summed E-state index contributed by atoms with van der Waals surface area (Å²) in [5.41, 5.74) is 4.97. The molecule has 0 spiro atoms. The zero-order chi connectivity index (χ0) is 33.5. The Labute approximate surface area is 278 Å². The van der Waals surface area contributed by atoms with Crippen LogP contribution in [0.5, 0.6) is 0 Å². The van der Waals surface area contributed by atoms with Gasteiger partial charge in [-0.15, -0.1) is 0 Å². The highest BCUT2D eigenvalue weighted by atomic mass is 19.4. The number of carbonyl (C=O) groups excluding carboxylic acids is 1. The Morgan fingerprint density at radius 2 is 1.54 bits per heavy atom. The minimum atomic E-state index is -4.41. The van der Waals surface area contributed by atoms with Crippen LogP contribution in [0.4, 0.5) is 24.5 Å². The van der Waals surface area contributed by atoms with Crippen molar-refractivity contribution in [3.63, 3.8) is 0 Å². The molecule has 246 valence electrons. The molecule has 0 radical (unpaired) electrons. The average Bonchev–Trinajstić information content (AvgIpc) is 3.59. The molecule has 3 aromatic carbocycles. The lowest BCUT2D eigenvalue weighted by Crippen LogP contribution is -2.46. The van der Waals surface area contributed by atoms with E-state index in [1.807, 2.05) is 89.6 Å². The van der Waals surface area contributed by atoms with Gasteiger partial charge in [-0.2, -0.15) is 18.3 Å². The minimum Gasteiger partial charge on any atom is -0.345 e. The number of para-hydroxylation sites is 1. The normalized spacial score (nSPS) is 14.3. The summed E-state index contributed by atoms with van der Waals surface area (Å²) in [6.07, 6.45) is 7.71. The molecule has 0 N–H and O–H groups in total. The highest BCUT2D eigenvalue weighted by Gasteiger charge is 2.30. The SMILES string of the molecule is CN(c1ccncc1)c1ccc(CN(C(=O)C=Cc2ccc(C(F)(F)F)cc2)C2CCN(Cc3cnn(-c4ccccc4)c3)CC2)cc1. The van der Waals surface area contributed by atoms with Crippen molar-refractivity contribution in [2.24, 2.45) is 0 Å². The summed E-state index contributed by atoms with van der Waals surface area (Å²) in [5.74, 6) is -0.171. The van der Waals surface area contributed by atoms with Gasteiger partial charge in [-0.05, 0) is 78.6 Å². The molecule has 3 heterocycles. The third-order valence-electron chi connectivity index (χ3n) is 8.73. The zero-order valence-corrected chi connectivity index (χ0v) is 26.7. The van der Waals surface area contributed by atoms with Crippen LogP contribution in [0.15, 0.2) is 122 Å². The maximum atomic E-state index is 13.7. The van der Waals surface area contributed by atoms with E-state index in [2.05, 4.69) is 26.1 Å². The summed E-state index contributed by atoms with van der Waals surface area (Å²) in [4.78, 5) is 24.2. The van der Waals surface area contributed by atoms with E-state index in [0.717, 1.165) is 72.8 Å². The number of hydrogen-bond acceptors (Lipinski definition) is 5. The molecule has 1 saturated heterocycles. The number of likely N-dealkylation sites (tertiary alicyclic amines) is 1. The standard InChI is InChI=1S/C38H37F3N6O/c1-44(34-17-21-42-22-18-34)33-14-9-30(10-15-33)27-46(37(48)16-11-29-7-12-32(13-8-29)38(39,40)41)35-19-23-45(24-20-35)26-31-25-43-47(28-31)36-5-3-2-4-6-36/h2-18,21-22,25,28,35H,19-20,23-24,26-27H2,1H3. The first-order chi connectivity index (χ1) is 23.2. The van der Waals surface area contributed by atoms with Crippen molar-refractivity contribution in [2.45, 2.75) is 38.1 Å². The van der Waals surface area contributed by atoms with Gasteiger partial charge in [-0.25, -0.2) is 4.68 Å². The summed E-state index contributed by atoms with van der Waals surface area (Å²) in [6.45, 7) is 2.84. The van der Waals surface area contributed by atoms with Crippen LogP contribution < -0.4 is 4.90 Å². The molecule has 1 amide bonds. The largest absolute Gasteiger partial charge is 0.416 e. The quantitative estimate of drug-likeness (QED) is 0.145. The molecule has 6 rings (SSSR count). The summed E-state index contributed by atoms with van der Waals surface area (Å²) in [6, 6.07) is 26.9. The van der Waals surface area contributed by atoms with Gasteiger partial charge in [-0.1, -0.05) is 42.5 Å².